The van der Waals surface area contributed by atoms with Crippen LogP contribution in [0.25, 0.3) is 5.57 Å². The quantitative estimate of drug-likeness (QED) is 0.296. The minimum absolute atomic E-state index is 0. The maximum absolute atomic E-state index is 3.62. The van der Waals surface area contributed by atoms with Crippen molar-refractivity contribution in [3.8, 4) is 0 Å². The Morgan fingerprint density at radius 2 is 1.59 bits per heavy atom. The minimum Gasteiger partial charge on any atom is -0.268 e. The molecule has 0 fully saturated rings. The Morgan fingerprint density at radius 3 is 2.11 bits per heavy atom. The average Bonchev–Trinajstić information content (AvgIpc) is 3.33. The van der Waals surface area contributed by atoms with Gasteiger partial charge in [0.05, 0.1) is 0 Å². The molecule has 0 spiro atoms. The summed E-state index contributed by atoms with van der Waals surface area (Å²) in [4.78, 5) is 0. The van der Waals surface area contributed by atoms with Gasteiger partial charge in [-0.3, -0.25) is 6.08 Å². The van der Waals surface area contributed by atoms with Crippen LogP contribution in [-0.2, 0) is 45.1 Å². The number of benzene rings is 1. The Morgan fingerprint density at radius 1 is 1.00 bits per heavy atom. The first-order valence-corrected chi connectivity index (χ1v) is 10.3. The Balaban J connectivity index is 0.000000208. The molecule has 2 aromatic rings. The molecule has 1 heteroatoms. The predicted octanol–water partition coefficient (Wildman–Crippen LogP) is 6.91. The first kappa shape index (κ1) is 22.5. The largest absolute Gasteiger partial charge is 0.268 e. The molecule has 0 aromatic heterocycles. The number of fused-ring (bicyclic) bond motifs is 3. The van der Waals surface area contributed by atoms with E-state index in [1.54, 1.807) is 16.7 Å². The fourth-order valence-corrected chi connectivity index (χ4v) is 4.51. The van der Waals surface area contributed by atoms with Crippen LogP contribution in [-0.4, -0.2) is 0 Å². The third-order valence-electron chi connectivity index (χ3n) is 7.03. The summed E-state index contributed by atoms with van der Waals surface area (Å²) in [5.74, 6) is 0.674. The second kappa shape index (κ2) is 9.12. The molecule has 0 amide bonds. The van der Waals surface area contributed by atoms with Crippen molar-refractivity contribution in [1.82, 2.24) is 0 Å². The van der Waals surface area contributed by atoms with Gasteiger partial charge in [0.25, 0.3) is 0 Å². The first-order chi connectivity index (χ1) is 12.4. The van der Waals surface area contributed by atoms with Gasteiger partial charge in [-0.2, -0.15) is 33.4 Å². The Kier molecular flexibility index (Phi) is 7.59. The van der Waals surface area contributed by atoms with Crippen molar-refractivity contribution in [3.63, 3.8) is 0 Å². The summed E-state index contributed by atoms with van der Waals surface area (Å²) in [5.41, 5.74) is 15.2. The summed E-state index contributed by atoms with van der Waals surface area (Å²) in [6.45, 7) is 15.6. The average molecular weight is 525 g/mol. The SMILES string of the molecule is CCC(C)C1=[C-]Cc2ccc3c(c21)CCC3.Cc1c(C)c(C)[c-](C)c1C.[Hf]. The van der Waals surface area contributed by atoms with Crippen molar-refractivity contribution < 1.29 is 25.8 Å². The van der Waals surface area contributed by atoms with Crippen molar-refractivity contribution >= 4 is 5.57 Å². The second-order valence-electron chi connectivity index (χ2n) is 8.29. The molecule has 0 nitrogen and oxygen atoms in total. The van der Waals surface area contributed by atoms with Crippen LogP contribution in [0.15, 0.2) is 12.1 Å². The van der Waals surface area contributed by atoms with E-state index >= 15 is 0 Å². The molecule has 0 N–H and O–H groups in total. The predicted molar refractivity (Wildman–Crippen MR) is 114 cm³/mol. The zero-order valence-electron chi connectivity index (χ0n) is 18.3. The molecule has 144 valence electrons. The van der Waals surface area contributed by atoms with Gasteiger partial charge in [0.1, 0.15) is 0 Å². The Bertz CT molecular complexity index is 768. The molecule has 2 aromatic carbocycles. The molecule has 0 saturated heterocycles. The molecule has 0 heterocycles. The molecular weight excluding hydrogens is 491 g/mol. The van der Waals surface area contributed by atoms with Crippen LogP contribution in [0.5, 0.6) is 0 Å². The van der Waals surface area contributed by atoms with Gasteiger partial charge < -0.3 is 0 Å². The van der Waals surface area contributed by atoms with Gasteiger partial charge in [-0.15, -0.1) is 17.5 Å². The molecule has 0 bridgehead atoms. The van der Waals surface area contributed by atoms with Crippen molar-refractivity contribution in [3.05, 3.63) is 68.3 Å². The van der Waals surface area contributed by atoms with Crippen molar-refractivity contribution in [2.75, 3.05) is 0 Å². The zero-order valence-corrected chi connectivity index (χ0v) is 21.9. The molecule has 1 atom stereocenters. The van der Waals surface area contributed by atoms with Crippen LogP contribution < -0.4 is 0 Å². The number of allylic oxidation sites excluding steroid dienone is 2. The van der Waals surface area contributed by atoms with E-state index in [9.17, 15) is 0 Å². The van der Waals surface area contributed by atoms with E-state index in [-0.39, 0.29) is 25.8 Å². The van der Waals surface area contributed by atoms with Crippen LogP contribution in [0.4, 0.5) is 0 Å². The Hall–Kier alpha value is -0.820. The van der Waals surface area contributed by atoms with E-state index in [1.165, 1.54) is 64.6 Å². The van der Waals surface area contributed by atoms with E-state index < -0.39 is 0 Å². The van der Waals surface area contributed by atoms with Crippen LogP contribution in [0.3, 0.4) is 0 Å². The fraction of sp³-hybridized carbons (Fsp3) is 0.500. The molecule has 0 radical (unpaired) electrons. The van der Waals surface area contributed by atoms with Gasteiger partial charge in [0.2, 0.25) is 0 Å². The molecule has 2 aliphatic rings. The molecule has 0 aliphatic heterocycles. The van der Waals surface area contributed by atoms with Gasteiger partial charge in [-0.25, -0.2) is 5.57 Å². The topological polar surface area (TPSA) is 0 Å². The van der Waals surface area contributed by atoms with Gasteiger partial charge in [-0.05, 0) is 19.3 Å². The smallest absolute Gasteiger partial charge is 0 e. The molecule has 2 aliphatic carbocycles. The van der Waals surface area contributed by atoms with E-state index in [0.29, 0.717) is 5.92 Å². The summed E-state index contributed by atoms with van der Waals surface area (Å²) in [7, 11) is 0. The van der Waals surface area contributed by atoms with Crippen LogP contribution in [0.1, 0.15) is 76.8 Å². The third kappa shape index (κ3) is 4.14. The standard InChI is InChI=1S/C16H19.C10H15.Hf/c1-3-11(2)14-10-9-13-8-7-12-5-4-6-15(12)16(13)14;1-6-7(2)9(4)10(5)8(6)3;/h7-8,11H,3-6,9H2,1-2H3;1-5H3;/q2*-1;. The number of rotatable bonds is 2. The number of hydrogen-bond acceptors (Lipinski definition) is 0. The zero-order chi connectivity index (χ0) is 19.0. The van der Waals surface area contributed by atoms with E-state index in [0.717, 1.165) is 6.42 Å². The van der Waals surface area contributed by atoms with E-state index in [2.05, 4.69) is 66.7 Å². The summed E-state index contributed by atoms with van der Waals surface area (Å²) < 4.78 is 0. The molecule has 1 unspecified atom stereocenters. The van der Waals surface area contributed by atoms with E-state index in [4.69, 9.17) is 0 Å². The maximum Gasteiger partial charge on any atom is 0 e. The van der Waals surface area contributed by atoms with Gasteiger partial charge in [0, 0.05) is 25.8 Å². The van der Waals surface area contributed by atoms with Crippen LogP contribution in [0, 0.1) is 46.6 Å². The van der Waals surface area contributed by atoms with Crippen molar-refractivity contribution in [2.24, 2.45) is 5.92 Å². The molecule has 27 heavy (non-hydrogen) atoms. The number of aryl methyl sites for hydroxylation is 1. The van der Waals surface area contributed by atoms with Gasteiger partial charge >= 0.3 is 0 Å². The first-order valence-electron chi connectivity index (χ1n) is 10.3. The summed E-state index contributed by atoms with van der Waals surface area (Å²) in [6.07, 6.45) is 9.82. The fourth-order valence-electron chi connectivity index (χ4n) is 4.51. The van der Waals surface area contributed by atoms with Gasteiger partial charge in [0.15, 0.2) is 0 Å². The molecular formula is C26H34Hf-2. The van der Waals surface area contributed by atoms with Gasteiger partial charge in [-0.1, -0.05) is 78.5 Å². The van der Waals surface area contributed by atoms with E-state index in [1.807, 2.05) is 0 Å². The minimum atomic E-state index is 0. The van der Waals surface area contributed by atoms with Crippen molar-refractivity contribution in [2.45, 2.75) is 80.6 Å². The third-order valence-corrected chi connectivity index (χ3v) is 7.03. The molecule has 4 rings (SSSR count). The number of hydrogen-bond donors (Lipinski definition) is 0. The normalized spacial score (nSPS) is 15.3. The van der Waals surface area contributed by atoms with Crippen LogP contribution in [0.2, 0.25) is 0 Å². The summed E-state index contributed by atoms with van der Waals surface area (Å²) in [6, 6.07) is 4.68. The Labute approximate surface area is 185 Å². The van der Waals surface area contributed by atoms with Crippen LogP contribution >= 0.6 is 0 Å². The maximum atomic E-state index is 3.62. The summed E-state index contributed by atoms with van der Waals surface area (Å²) in [5, 5.41) is 0. The molecule has 0 saturated carbocycles. The van der Waals surface area contributed by atoms with Crippen molar-refractivity contribution in [1.29, 1.82) is 0 Å². The summed E-state index contributed by atoms with van der Waals surface area (Å²) >= 11 is 0. The second-order valence-corrected chi connectivity index (χ2v) is 8.29. The monoisotopic (exact) mass is 526 g/mol.